The molecule has 0 saturated carbocycles. The molecule has 2 N–H and O–H groups in total. The Labute approximate surface area is 148 Å². The number of rotatable bonds is 5. The van der Waals surface area contributed by atoms with Gasteiger partial charge in [0.05, 0.1) is 0 Å². The van der Waals surface area contributed by atoms with Gasteiger partial charge in [-0.25, -0.2) is 4.79 Å². The van der Waals surface area contributed by atoms with Crippen LogP contribution in [-0.4, -0.2) is 17.6 Å². The number of amides is 2. The highest BCUT2D eigenvalue weighted by Gasteiger charge is 2.07. The quantitative estimate of drug-likeness (QED) is 0.636. The summed E-state index contributed by atoms with van der Waals surface area (Å²) in [4.78, 5) is 16.2. The molecule has 3 aromatic rings. The average Bonchev–Trinajstić information content (AvgIpc) is 2.63. The van der Waals surface area contributed by atoms with Crippen molar-refractivity contribution < 1.29 is 4.79 Å². The lowest BCUT2D eigenvalue weighted by Crippen LogP contribution is -2.29. The molecular formula is C21H23N3O. The average molecular weight is 333 g/mol. The summed E-state index contributed by atoms with van der Waals surface area (Å²) < 4.78 is 0. The first kappa shape index (κ1) is 17.0. The molecule has 0 aliphatic heterocycles. The number of nitrogens with zero attached hydrogens (tertiary/aromatic N) is 1. The van der Waals surface area contributed by atoms with Crippen LogP contribution in [0.1, 0.15) is 25.3 Å². The Kier molecular flexibility index (Phi) is 5.29. The van der Waals surface area contributed by atoms with Crippen molar-refractivity contribution in [2.24, 2.45) is 0 Å². The van der Waals surface area contributed by atoms with E-state index in [1.54, 1.807) is 6.20 Å². The van der Waals surface area contributed by atoms with Crippen LogP contribution < -0.4 is 10.6 Å². The van der Waals surface area contributed by atoms with Gasteiger partial charge in [-0.1, -0.05) is 31.5 Å². The number of nitrogens with one attached hydrogen (secondary N) is 2. The lowest BCUT2D eigenvalue weighted by Gasteiger charge is -2.12. The predicted molar refractivity (Wildman–Crippen MR) is 104 cm³/mol. The van der Waals surface area contributed by atoms with Crippen molar-refractivity contribution in [2.75, 3.05) is 11.9 Å². The number of carbonyl (C=O) groups is 1. The van der Waals surface area contributed by atoms with E-state index in [0.717, 1.165) is 35.0 Å². The lowest BCUT2D eigenvalue weighted by molar-refractivity contribution is 0.252. The molecule has 3 rings (SSSR count). The number of benzene rings is 2. The Morgan fingerprint density at radius 1 is 1.08 bits per heavy atom. The Balaban J connectivity index is 1.84. The van der Waals surface area contributed by atoms with E-state index >= 15 is 0 Å². The molecule has 0 aliphatic rings. The second-order valence-corrected chi connectivity index (χ2v) is 6.20. The highest BCUT2D eigenvalue weighted by molar-refractivity contribution is 5.91. The molecule has 0 unspecified atom stereocenters. The predicted octanol–water partition coefficient (Wildman–Crippen LogP) is 5.13. The summed E-state index contributed by atoms with van der Waals surface area (Å²) in [7, 11) is 0. The van der Waals surface area contributed by atoms with Gasteiger partial charge in [0.15, 0.2) is 0 Å². The van der Waals surface area contributed by atoms with Crippen LogP contribution in [0, 0.1) is 6.92 Å². The third kappa shape index (κ3) is 4.15. The maximum atomic E-state index is 12.0. The summed E-state index contributed by atoms with van der Waals surface area (Å²) in [6, 6.07) is 14.2. The number of aryl methyl sites for hydroxylation is 1. The van der Waals surface area contributed by atoms with Crippen molar-refractivity contribution in [3.8, 4) is 11.1 Å². The Bertz CT molecular complexity index is 889. The monoisotopic (exact) mass is 333 g/mol. The topological polar surface area (TPSA) is 54.0 Å². The zero-order valence-electron chi connectivity index (χ0n) is 14.7. The Morgan fingerprint density at radius 3 is 2.80 bits per heavy atom. The van der Waals surface area contributed by atoms with Crippen LogP contribution in [0.15, 0.2) is 54.9 Å². The van der Waals surface area contributed by atoms with Crippen LogP contribution in [0.25, 0.3) is 21.9 Å². The maximum Gasteiger partial charge on any atom is 0.319 e. The van der Waals surface area contributed by atoms with Crippen LogP contribution in [0.5, 0.6) is 0 Å². The van der Waals surface area contributed by atoms with Gasteiger partial charge in [0.2, 0.25) is 0 Å². The molecular weight excluding hydrogens is 310 g/mol. The fourth-order valence-corrected chi connectivity index (χ4v) is 2.82. The number of urea groups is 1. The summed E-state index contributed by atoms with van der Waals surface area (Å²) in [6.45, 7) is 4.87. The summed E-state index contributed by atoms with van der Waals surface area (Å²) in [5, 5.41) is 8.06. The first-order chi connectivity index (χ1) is 12.2. The molecule has 0 fully saturated rings. The highest BCUT2D eigenvalue weighted by atomic mass is 16.2. The van der Waals surface area contributed by atoms with Gasteiger partial charge in [-0.3, -0.25) is 4.98 Å². The van der Waals surface area contributed by atoms with Gasteiger partial charge in [-0.15, -0.1) is 0 Å². The largest absolute Gasteiger partial charge is 0.338 e. The summed E-state index contributed by atoms with van der Waals surface area (Å²) in [5.74, 6) is 0. The van der Waals surface area contributed by atoms with Gasteiger partial charge in [0, 0.05) is 30.0 Å². The first-order valence-corrected chi connectivity index (χ1v) is 8.67. The normalized spacial score (nSPS) is 10.6. The van der Waals surface area contributed by atoms with Gasteiger partial charge >= 0.3 is 6.03 Å². The zero-order valence-corrected chi connectivity index (χ0v) is 14.7. The highest BCUT2D eigenvalue weighted by Crippen LogP contribution is 2.29. The van der Waals surface area contributed by atoms with Gasteiger partial charge in [0.25, 0.3) is 0 Å². The molecule has 0 radical (unpaired) electrons. The second-order valence-electron chi connectivity index (χ2n) is 6.20. The molecule has 2 aromatic carbocycles. The van der Waals surface area contributed by atoms with Crippen LogP contribution in [0.2, 0.25) is 0 Å². The molecule has 0 atom stereocenters. The molecule has 0 spiro atoms. The molecule has 4 nitrogen and oxygen atoms in total. The van der Waals surface area contributed by atoms with E-state index in [-0.39, 0.29) is 6.03 Å². The lowest BCUT2D eigenvalue weighted by atomic mass is 9.98. The molecule has 128 valence electrons. The molecule has 25 heavy (non-hydrogen) atoms. The number of fused-ring (bicyclic) bond motifs is 1. The molecule has 0 aliphatic carbocycles. The number of unbranched alkanes of at least 4 members (excludes halogenated alkanes) is 1. The molecule has 1 heterocycles. The van der Waals surface area contributed by atoms with Crippen molar-refractivity contribution in [3.63, 3.8) is 0 Å². The van der Waals surface area contributed by atoms with Crippen molar-refractivity contribution in [1.82, 2.24) is 10.3 Å². The van der Waals surface area contributed by atoms with Gasteiger partial charge < -0.3 is 10.6 Å². The molecule has 2 amide bonds. The van der Waals surface area contributed by atoms with Crippen LogP contribution >= 0.6 is 0 Å². The first-order valence-electron chi connectivity index (χ1n) is 8.67. The van der Waals surface area contributed by atoms with Crippen molar-refractivity contribution in [2.45, 2.75) is 26.7 Å². The minimum absolute atomic E-state index is 0.161. The SMILES string of the molecule is CCCCNC(=O)Nc1ccc(C)c(-c2ccc3ccncc3c2)c1. The molecule has 0 bridgehead atoms. The number of aromatic nitrogens is 1. The minimum atomic E-state index is -0.161. The van der Waals surface area contributed by atoms with Gasteiger partial charge in [0.1, 0.15) is 0 Å². The van der Waals surface area contributed by atoms with Crippen molar-refractivity contribution in [1.29, 1.82) is 0 Å². The second kappa shape index (κ2) is 7.79. The third-order valence-corrected chi connectivity index (χ3v) is 4.26. The van der Waals surface area contributed by atoms with E-state index in [9.17, 15) is 4.79 Å². The number of anilines is 1. The zero-order chi connectivity index (χ0) is 17.6. The van der Waals surface area contributed by atoms with E-state index in [4.69, 9.17) is 0 Å². The maximum absolute atomic E-state index is 12.0. The molecule has 4 heteroatoms. The van der Waals surface area contributed by atoms with Crippen molar-refractivity contribution in [3.05, 3.63) is 60.4 Å². The summed E-state index contributed by atoms with van der Waals surface area (Å²) in [5.41, 5.74) is 4.19. The standard InChI is InChI=1S/C21H23N3O/c1-3-4-10-23-21(25)24-19-8-5-15(2)20(13-19)17-7-6-16-9-11-22-14-18(16)12-17/h5-9,11-14H,3-4,10H2,1-2H3,(H2,23,24,25). The molecule has 1 aromatic heterocycles. The fraction of sp³-hybridized carbons (Fsp3) is 0.238. The number of hydrogen-bond donors (Lipinski definition) is 2. The van der Waals surface area contributed by atoms with Crippen LogP contribution in [0.4, 0.5) is 10.5 Å². The van der Waals surface area contributed by atoms with Crippen LogP contribution in [-0.2, 0) is 0 Å². The van der Waals surface area contributed by atoms with Crippen molar-refractivity contribution >= 4 is 22.5 Å². The third-order valence-electron chi connectivity index (χ3n) is 4.26. The number of carbonyl (C=O) groups excluding carboxylic acids is 1. The van der Waals surface area contributed by atoms with Gasteiger partial charge in [-0.05, 0) is 59.7 Å². The smallest absolute Gasteiger partial charge is 0.319 e. The van der Waals surface area contributed by atoms with E-state index in [1.807, 2.05) is 30.5 Å². The molecule has 0 saturated heterocycles. The minimum Gasteiger partial charge on any atom is -0.338 e. The van der Waals surface area contributed by atoms with E-state index in [2.05, 4.69) is 47.7 Å². The summed E-state index contributed by atoms with van der Waals surface area (Å²) >= 11 is 0. The fourth-order valence-electron chi connectivity index (χ4n) is 2.82. The van der Waals surface area contributed by atoms with E-state index < -0.39 is 0 Å². The van der Waals surface area contributed by atoms with Crippen LogP contribution in [0.3, 0.4) is 0 Å². The summed E-state index contributed by atoms with van der Waals surface area (Å²) in [6.07, 6.45) is 5.72. The van der Waals surface area contributed by atoms with Gasteiger partial charge in [-0.2, -0.15) is 0 Å². The number of hydrogen-bond acceptors (Lipinski definition) is 2. The Morgan fingerprint density at radius 2 is 1.96 bits per heavy atom. The van der Waals surface area contributed by atoms with E-state index in [1.165, 1.54) is 10.9 Å². The van der Waals surface area contributed by atoms with E-state index in [0.29, 0.717) is 6.54 Å². The Hall–Kier alpha value is -2.88. The number of pyridine rings is 1.